The average molecular weight is 370 g/mol. The summed E-state index contributed by atoms with van der Waals surface area (Å²) in [4.78, 5) is 14.9. The lowest BCUT2D eigenvalue weighted by Gasteiger charge is -2.20. The fraction of sp³-hybridized carbons (Fsp3) is 0.381. The Balaban J connectivity index is 1.74. The number of ether oxygens (including phenoxy) is 3. The Morgan fingerprint density at radius 1 is 0.926 bits per heavy atom. The van der Waals surface area contributed by atoms with Crippen molar-refractivity contribution >= 4 is 17.3 Å². The molecule has 1 amide bonds. The van der Waals surface area contributed by atoms with Gasteiger partial charge >= 0.3 is 0 Å². The Hall–Kier alpha value is -2.89. The van der Waals surface area contributed by atoms with E-state index in [4.69, 9.17) is 14.2 Å². The van der Waals surface area contributed by atoms with E-state index in [0.717, 1.165) is 24.3 Å². The lowest BCUT2D eigenvalue weighted by atomic mass is 10.1. The van der Waals surface area contributed by atoms with Gasteiger partial charge in [0.05, 0.1) is 33.4 Å². The topological polar surface area (TPSA) is 60.0 Å². The van der Waals surface area contributed by atoms with Gasteiger partial charge in [-0.25, -0.2) is 0 Å². The summed E-state index contributed by atoms with van der Waals surface area (Å²) in [7, 11) is 4.77. The Labute approximate surface area is 160 Å². The van der Waals surface area contributed by atoms with Gasteiger partial charge in [0.15, 0.2) is 11.5 Å². The molecule has 1 saturated heterocycles. The minimum atomic E-state index is -0.112. The smallest absolute Gasteiger partial charge is 0.228 e. The summed E-state index contributed by atoms with van der Waals surface area (Å²) in [6, 6.07) is 11.4. The third kappa shape index (κ3) is 4.45. The highest BCUT2D eigenvalue weighted by Gasteiger charge is 2.16. The first kappa shape index (κ1) is 18.9. The number of hydrogen-bond acceptors (Lipinski definition) is 5. The SMILES string of the molecule is COc1ccc(N2CCCC2)cc1NC(=O)Cc1ccc(OC)c(OC)c1. The third-order valence-electron chi connectivity index (χ3n) is 4.74. The van der Waals surface area contributed by atoms with Crippen molar-refractivity contribution in [1.29, 1.82) is 0 Å². The highest BCUT2D eigenvalue weighted by atomic mass is 16.5. The molecule has 0 spiro atoms. The van der Waals surface area contributed by atoms with Crippen molar-refractivity contribution < 1.29 is 19.0 Å². The fourth-order valence-corrected chi connectivity index (χ4v) is 3.34. The molecule has 144 valence electrons. The van der Waals surface area contributed by atoms with Crippen LogP contribution in [0.15, 0.2) is 36.4 Å². The van der Waals surface area contributed by atoms with Crippen molar-refractivity contribution in [3.63, 3.8) is 0 Å². The van der Waals surface area contributed by atoms with Crippen molar-refractivity contribution in [1.82, 2.24) is 0 Å². The van der Waals surface area contributed by atoms with Crippen LogP contribution in [0, 0.1) is 0 Å². The van der Waals surface area contributed by atoms with Crippen LogP contribution in [-0.4, -0.2) is 40.3 Å². The largest absolute Gasteiger partial charge is 0.495 e. The van der Waals surface area contributed by atoms with Crippen LogP contribution in [0.2, 0.25) is 0 Å². The number of amides is 1. The highest BCUT2D eigenvalue weighted by Crippen LogP contribution is 2.32. The Morgan fingerprint density at radius 3 is 2.26 bits per heavy atom. The maximum absolute atomic E-state index is 12.6. The van der Waals surface area contributed by atoms with Crippen LogP contribution in [0.5, 0.6) is 17.2 Å². The van der Waals surface area contributed by atoms with E-state index in [1.54, 1.807) is 27.4 Å². The van der Waals surface area contributed by atoms with Crippen molar-refractivity contribution in [3.05, 3.63) is 42.0 Å². The second-order valence-corrected chi connectivity index (χ2v) is 6.49. The van der Waals surface area contributed by atoms with Crippen LogP contribution in [0.25, 0.3) is 0 Å². The van der Waals surface area contributed by atoms with Crippen LogP contribution in [0.3, 0.4) is 0 Å². The van der Waals surface area contributed by atoms with Gasteiger partial charge < -0.3 is 24.4 Å². The first-order valence-electron chi connectivity index (χ1n) is 9.08. The van der Waals surface area contributed by atoms with Gasteiger partial charge in [0.25, 0.3) is 0 Å². The average Bonchev–Trinajstić information content (AvgIpc) is 3.22. The van der Waals surface area contributed by atoms with Crippen LogP contribution in [0.4, 0.5) is 11.4 Å². The van der Waals surface area contributed by atoms with Gasteiger partial charge in [0.2, 0.25) is 5.91 Å². The number of methoxy groups -OCH3 is 3. The first-order valence-corrected chi connectivity index (χ1v) is 9.08. The summed E-state index contributed by atoms with van der Waals surface area (Å²) < 4.78 is 16.0. The van der Waals surface area contributed by atoms with E-state index in [2.05, 4.69) is 10.2 Å². The number of nitrogens with one attached hydrogen (secondary N) is 1. The molecule has 6 heteroatoms. The molecule has 0 unspecified atom stereocenters. The molecule has 1 aliphatic heterocycles. The van der Waals surface area contributed by atoms with E-state index >= 15 is 0 Å². The van der Waals surface area contributed by atoms with E-state index in [1.165, 1.54) is 12.8 Å². The van der Waals surface area contributed by atoms with Crippen LogP contribution < -0.4 is 24.4 Å². The van der Waals surface area contributed by atoms with Gasteiger partial charge in [-0.2, -0.15) is 0 Å². The molecule has 0 radical (unpaired) electrons. The number of rotatable bonds is 7. The molecule has 0 saturated carbocycles. The van der Waals surface area contributed by atoms with Crippen molar-refractivity contribution in [2.24, 2.45) is 0 Å². The summed E-state index contributed by atoms with van der Waals surface area (Å²) in [5.74, 6) is 1.79. The molecule has 1 N–H and O–H groups in total. The van der Waals surface area contributed by atoms with Crippen LogP contribution >= 0.6 is 0 Å². The minimum absolute atomic E-state index is 0.112. The molecule has 1 aliphatic rings. The molecule has 0 atom stereocenters. The van der Waals surface area contributed by atoms with E-state index in [1.807, 2.05) is 30.3 Å². The summed E-state index contributed by atoms with van der Waals surface area (Å²) in [6.45, 7) is 2.09. The first-order chi connectivity index (χ1) is 13.1. The van der Waals surface area contributed by atoms with Gasteiger partial charge in [-0.15, -0.1) is 0 Å². The molecule has 27 heavy (non-hydrogen) atoms. The van der Waals surface area contributed by atoms with Crippen LogP contribution in [0.1, 0.15) is 18.4 Å². The summed E-state index contributed by atoms with van der Waals surface area (Å²) >= 11 is 0. The molecule has 0 aliphatic carbocycles. The third-order valence-corrected chi connectivity index (χ3v) is 4.74. The summed E-state index contributed by atoms with van der Waals surface area (Å²) in [5.41, 5.74) is 2.64. The second kappa shape index (κ2) is 8.66. The maximum Gasteiger partial charge on any atom is 0.228 e. The molecule has 3 rings (SSSR count). The molecule has 2 aromatic carbocycles. The lowest BCUT2D eigenvalue weighted by Crippen LogP contribution is -2.19. The predicted molar refractivity (Wildman–Crippen MR) is 106 cm³/mol. The van der Waals surface area contributed by atoms with E-state index in [9.17, 15) is 4.79 Å². The maximum atomic E-state index is 12.6. The highest BCUT2D eigenvalue weighted by molar-refractivity contribution is 5.94. The monoisotopic (exact) mass is 370 g/mol. The lowest BCUT2D eigenvalue weighted by molar-refractivity contribution is -0.115. The number of carbonyl (C=O) groups excluding carboxylic acids is 1. The zero-order valence-corrected chi connectivity index (χ0v) is 16.1. The van der Waals surface area contributed by atoms with Gasteiger partial charge in [0, 0.05) is 18.8 Å². The Morgan fingerprint density at radius 2 is 1.59 bits per heavy atom. The van der Waals surface area contributed by atoms with E-state index < -0.39 is 0 Å². The number of hydrogen-bond donors (Lipinski definition) is 1. The normalized spacial score (nSPS) is 13.4. The van der Waals surface area contributed by atoms with Crippen molar-refractivity contribution in [3.8, 4) is 17.2 Å². The van der Waals surface area contributed by atoms with Gasteiger partial charge in [-0.3, -0.25) is 4.79 Å². The Kier molecular flexibility index (Phi) is 6.06. The Bertz CT molecular complexity index is 801. The molecular formula is C21H26N2O4. The van der Waals surface area contributed by atoms with E-state index in [0.29, 0.717) is 22.9 Å². The minimum Gasteiger partial charge on any atom is -0.495 e. The quantitative estimate of drug-likeness (QED) is 0.808. The number of benzene rings is 2. The zero-order chi connectivity index (χ0) is 19.2. The number of nitrogens with zero attached hydrogens (tertiary/aromatic N) is 1. The number of carbonyl (C=O) groups is 1. The molecule has 0 aromatic heterocycles. The van der Waals surface area contributed by atoms with Gasteiger partial charge in [0.1, 0.15) is 5.75 Å². The molecule has 1 heterocycles. The standard InChI is InChI=1S/C21H26N2O4/c1-25-18-9-7-16(23-10-4-5-11-23)14-17(18)22-21(24)13-15-6-8-19(26-2)20(12-15)27-3/h6-9,12,14H,4-5,10-11,13H2,1-3H3,(H,22,24). The molecular weight excluding hydrogens is 344 g/mol. The molecule has 2 aromatic rings. The van der Waals surface area contributed by atoms with E-state index in [-0.39, 0.29) is 12.3 Å². The molecule has 6 nitrogen and oxygen atoms in total. The summed E-state index contributed by atoms with van der Waals surface area (Å²) in [6.07, 6.45) is 2.64. The fourth-order valence-electron chi connectivity index (χ4n) is 3.34. The van der Waals surface area contributed by atoms with Crippen LogP contribution in [-0.2, 0) is 11.2 Å². The molecule has 1 fully saturated rings. The predicted octanol–water partition coefficient (Wildman–Crippen LogP) is 3.49. The van der Waals surface area contributed by atoms with Gasteiger partial charge in [-0.05, 0) is 48.7 Å². The van der Waals surface area contributed by atoms with Crippen molar-refractivity contribution in [2.75, 3.05) is 44.6 Å². The number of anilines is 2. The zero-order valence-electron chi connectivity index (χ0n) is 16.1. The van der Waals surface area contributed by atoms with Gasteiger partial charge in [-0.1, -0.05) is 6.07 Å². The summed E-state index contributed by atoms with van der Waals surface area (Å²) in [5, 5.41) is 2.98. The van der Waals surface area contributed by atoms with Crippen molar-refractivity contribution in [2.45, 2.75) is 19.3 Å². The second-order valence-electron chi connectivity index (χ2n) is 6.49. The molecule has 0 bridgehead atoms.